The molecular formula is C19H27ClN4O4S2. The van der Waals surface area contributed by atoms with E-state index in [1.54, 1.807) is 36.4 Å². The molecule has 0 amide bonds. The Hall–Kier alpha value is -2.01. The fourth-order valence-corrected chi connectivity index (χ4v) is 4.80. The van der Waals surface area contributed by atoms with Gasteiger partial charge in [-0.2, -0.15) is 0 Å². The third kappa shape index (κ3) is 6.24. The molecule has 166 valence electrons. The normalized spacial score (nSPS) is 15.0. The Labute approximate surface area is 184 Å². The van der Waals surface area contributed by atoms with Gasteiger partial charge in [0.15, 0.2) is 0 Å². The van der Waals surface area contributed by atoms with Crippen LogP contribution in [0.1, 0.15) is 13.3 Å². The first-order valence-electron chi connectivity index (χ1n) is 9.49. The molecule has 2 aromatic carbocycles. The third-order valence-electron chi connectivity index (χ3n) is 4.65. The highest BCUT2D eigenvalue weighted by Gasteiger charge is 2.19. The largest absolute Gasteiger partial charge is 0.370 e. The van der Waals surface area contributed by atoms with Crippen molar-refractivity contribution < 1.29 is 16.8 Å². The van der Waals surface area contributed by atoms with Crippen LogP contribution in [-0.4, -0.2) is 48.8 Å². The molecular weight excluding hydrogens is 448 g/mol. The molecule has 3 rings (SSSR count). The molecule has 0 saturated carbocycles. The lowest BCUT2D eigenvalue weighted by Crippen LogP contribution is -2.28. The van der Waals surface area contributed by atoms with Gasteiger partial charge in [0.2, 0.25) is 10.0 Å². The van der Waals surface area contributed by atoms with Crippen molar-refractivity contribution in [3.63, 3.8) is 0 Å². The smallest absolute Gasteiger partial charge is 0.261 e. The lowest BCUT2D eigenvalue weighted by atomic mass is 10.2. The van der Waals surface area contributed by atoms with E-state index in [1.165, 1.54) is 19.1 Å². The van der Waals surface area contributed by atoms with E-state index in [2.05, 4.69) is 19.7 Å². The summed E-state index contributed by atoms with van der Waals surface area (Å²) in [6, 6.07) is 13.0. The zero-order valence-corrected chi connectivity index (χ0v) is 19.1. The van der Waals surface area contributed by atoms with Crippen molar-refractivity contribution in [2.45, 2.75) is 18.2 Å². The maximum atomic E-state index is 12.7. The maximum Gasteiger partial charge on any atom is 0.261 e. The van der Waals surface area contributed by atoms with Crippen LogP contribution >= 0.6 is 12.4 Å². The first-order valence-corrected chi connectivity index (χ1v) is 12.6. The molecule has 1 fully saturated rings. The Morgan fingerprint density at radius 1 is 0.933 bits per heavy atom. The summed E-state index contributed by atoms with van der Waals surface area (Å²) in [7, 11) is -7.44. The fraction of sp³-hybridized carbons (Fsp3) is 0.368. The van der Waals surface area contributed by atoms with E-state index in [9.17, 15) is 16.8 Å². The molecule has 1 aliphatic rings. The van der Waals surface area contributed by atoms with E-state index >= 15 is 0 Å². The van der Waals surface area contributed by atoms with Gasteiger partial charge in [-0.3, -0.25) is 9.44 Å². The van der Waals surface area contributed by atoms with Crippen molar-refractivity contribution in [2.24, 2.45) is 0 Å². The van der Waals surface area contributed by atoms with E-state index in [-0.39, 0.29) is 34.4 Å². The average Bonchev–Trinajstić information content (AvgIpc) is 2.99. The van der Waals surface area contributed by atoms with Crippen LogP contribution in [0.15, 0.2) is 53.4 Å². The molecule has 11 heteroatoms. The Kier molecular flexibility index (Phi) is 8.36. The fourth-order valence-electron chi connectivity index (χ4n) is 3.05. The molecule has 0 atom stereocenters. The van der Waals surface area contributed by atoms with Crippen LogP contribution in [0.3, 0.4) is 0 Å². The molecule has 1 aliphatic heterocycles. The number of nitrogens with zero attached hydrogens (tertiary/aromatic N) is 1. The lowest BCUT2D eigenvalue weighted by Gasteiger charge is -2.24. The molecule has 0 aliphatic carbocycles. The highest BCUT2D eigenvalue weighted by atomic mass is 35.5. The topological polar surface area (TPSA) is 108 Å². The Bertz CT molecular complexity index is 1040. The summed E-state index contributed by atoms with van der Waals surface area (Å²) in [4.78, 5) is 2.26. The predicted molar refractivity (Wildman–Crippen MR) is 124 cm³/mol. The van der Waals surface area contributed by atoms with E-state index in [0.717, 1.165) is 38.3 Å². The number of hydrogen-bond acceptors (Lipinski definition) is 6. The summed E-state index contributed by atoms with van der Waals surface area (Å²) < 4.78 is 54.8. The molecule has 0 bridgehead atoms. The number of rotatable bonds is 7. The SMILES string of the molecule is CCS(=O)(=O)Nc1cc(N2CCCNCC2)ccc1NS(=O)(=O)c1ccccc1.Cl. The molecule has 1 saturated heterocycles. The Balaban J connectivity index is 0.00000320. The molecule has 0 radical (unpaired) electrons. The van der Waals surface area contributed by atoms with Crippen LogP contribution in [0.25, 0.3) is 0 Å². The van der Waals surface area contributed by atoms with Crippen molar-refractivity contribution in [1.82, 2.24) is 5.32 Å². The van der Waals surface area contributed by atoms with Gasteiger partial charge in [-0.15, -0.1) is 12.4 Å². The number of hydrogen-bond donors (Lipinski definition) is 3. The predicted octanol–water partition coefficient (Wildman–Crippen LogP) is 2.47. The summed E-state index contributed by atoms with van der Waals surface area (Å²) in [5.41, 5.74) is 1.23. The van der Waals surface area contributed by atoms with Gasteiger partial charge in [0.1, 0.15) is 0 Å². The van der Waals surface area contributed by atoms with Gasteiger partial charge in [-0.25, -0.2) is 16.8 Å². The van der Waals surface area contributed by atoms with Crippen molar-refractivity contribution in [3.8, 4) is 0 Å². The minimum Gasteiger partial charge on any atom is -0.370 e. The number of anilines is 3. The summed E-state index contributed by atoms with van der Waals surface area (Å²) in [5, 5.41) is 3.32. The first-order chi connectivity index (χ1) is 13.8. The van der Waals surface area contributed by atoms with Crippen LogP contribution in [0, 0.1) is 0 Å². The lowest BCUT2D eigenvalue weighted by molar-refractivity contribution is 0.599. The average molecular weight is 475 g/mol. The first kappa shape index (κ1) is 24.3. The van der Waals surface area contributed by atoms with Gasteiger partial charge in [0, 0.05) is 25.3 Å². The Morgan fingerprint density at radius 2 is 1.67 bits per heavy atom. The zero-order valence-electron chi connectivity index (χ0n) is 16.7. The number of benzene rings is 2. The molecule has 30 heavy (non-hydrogen) atoms. The van der Waals surface area contributed by atoms with Crippen LogP contribution in [-0.2, 0) is 20.0 Å². The second kappa shape index (κ2) is 10.3. The summed E-state index contributed by atoms with van der Waals surface area (Å²) >= 11 is 0. The van der Waals surface area contributed by atoms with Crippen LogP contribution < -0.4 is 19.7 Å². The standard InChI is InChI=1S/C19H26N4O4S2.ClH/c1-2-28(24,25)21-19-15-16(23-13-6-11-20-12-14-23)9-10-18(19)22-29(26,27)17-7-4-3-5-8-17;/h3-5,7-10,15,20-22H,2,6,11-14H2,1H3;1H. The van der Waals surface area contributed by atoms with E-state index < -0.39 is 20.0 Å². The molecule has 2 aromatic rings. The molecule has 3 N–H and O–H groups in total. The summed E-state index contributed by atoms with van der Waals surface area (Å²) in [6.45, 7) is 4.91. The zero-order chi connectivity index (χ0) is 20.9. The van der Waals surface area contributed by atoms with Crippen molar-refractivity contribution in [1.29, 1.82) is 0 Å². The Morgan fingerprint density at radius 3 is 2.37 bits per heavy atom. The van der Waals surface area contributed by atoms with E-state index in [4.69, 9.17) is 0 Å². The molecule has 0 spiro atoms. The summed E-state index contributed by atoms with van der Waals surface area (Å²) in [5.74, 6) is -0.115. The number of sulfonamides is 2. The van der Waals surface area contributed by atoms with Gasteiger partial charge in [0.05, 0.1) is 22.0 Å². The van der Waals surface area contributed by atoms with E-state index in [1.807, 2.05) is 0 Å². The van der Waals surface area contributed by atoms with Gasteiger partial charge >= 0.3 is 0 Å². The molecule has 1 heterocycles. The highest BCUT2D eigenvalue weighted by molar-refractivity contribution is 7.93. The van der Waals surface area contributed by atoms with Gasteiger partial charge in [0.25, 0.3) is 10.0 Å². The minimum absolute atomic E-state index is 0. The van der Waals surface area contributed by atoms with Crippen molar-refractivity contribution >= 4 is 49.5 Å². The molecule has 0 aromatic heterocycles. The van der Waals surface area contributed by atoms with Crippen LogP contribution in [0.5, 0.6) is 0 Å². The monoisotopic (exact) mass is 474 g/mol. The second-order valence-corrected chi connectivity index (χ2v) is 10.4. The van der Waals surface area contributed by atoms with Crippen LogP contribution in [0.4, 0.5) is 17.1 Å². The molecule has 8 nitrogen and oxygen atoms in total. The van der Waals surface area contributed by atoms with Gasteiger partial charge in [-0.05, 0) is 50.2 Å². The summed E-state index contributed by atoms with van der Waals surface area (Å²) in [6.07, 6.45) is 0.971. The van der Waals surface area contributed by atoms with Crippen molar-refractivity contribution in [2.75, 3.05) is 46.3 Å². The number of halogens is 1. The van der Waals surface area contributed by atoms with Gasteiger partial charge in [-0.1, -0.05) is 18.2 Å². The molecule has 0 unspecified atom stereocenters. The minimum atomic E-state index is -3.85. The third-order valence-corrected chi connectivity index (χ3v) is 7.32. The quantitative estimate of drug-likeness (QED) is 0.569. The second-order valence-electron chi connectivity index (χ2n) is 6.74. The number of nitrogens with one attached hydrogen (secondary N) is 3. The maximum absolute atomic E-state index is 12.7. The van der Waals surface area contributed by atoms with Gasteiger partial charge < -0.3 is 10.2 Å². The van der Waals surface area contributed by atoms with Crippen LogP contribution in [0.2, 0.25) is 0 Å². The van der Waals surface area contributed by atoms with Crippen molar-refractivity contribution in [3.05, 3.63) is 48.5 Å². The van der Waals surface area contributed by atoms with E-state index in [0.29, 0.717) is 0 Å². The highest BCUT2D eigenvalue weighted by Crippen LogP contribution is 2.31.